The summed E-state index contributed by atoms with van der Waals surface area (Å²) < 4.78 is 24.2. The number of benzene rings is 2. The molecule has 2 aromatic carbocycles. The van der Waals surface area contributed by atoms with Crippen molar-refractivity contribution in [1.82, 2.24) is 10.2 Å². The maximum Gasteiger partial charge on any atom is 0.329 e. The fourth-order valence-corrected chi connectivity index (χ4v) is 2.86. The molecular weight excluding hydrogens is 375 g/mol. The molecule has 3 rings (SSSR count). The zero-order valence-corrected chi connectivity index (χ0v) is 15.3. The Hall–Kier alpha value is -3.06. The third kappa shape index (κ3) is 3.73. The molecule has 0 aliphatic carbocycles. The number of nitrogens with one attached hydrogen (secondary N) is 1. The molecule has 1 saturated heterocycles. The van der Waals surface area contributed by atoms with E-state index < -0.39 is 17.8 Å². The number of nitrogens with zero attached hydrogens (tertiary/aromatic N) is 1. The monoisotopic (exact) mass is 390 g/mol. The number of imide groups is 1. The van der Waals surface area contributed by atoms with Crippen molar-refractivity contribution in [3.63, 3.8) is 0 Å². The molecule has 0 atom stereocenters. The van der Waals surface area contributed by atoms with E-state index in [0.29, 0.717) is 22.1 Å². The summed E-state index contributed by atoms with van der Waals surface area (Å²) >= 11 is 6.22. The Morgan fingerprint density at radius 3 is 2.48 bits per heavy atom. The van der Waals surface area contributed by atoms with Crippen LogP contribution in [0.1, 0.15) is 11.1 Å². The molecule has 27 heavy (non-hydrogen) atoms. The molecule has 140 valence electrons. The summed E-state index contributed by atoms with van der Waals surface area (Å²) in [7, 11) is 2.95. The number of amides is 3. The lowest BCUT2D eigenvalue weighted by Gasteiger charge is -2.12. The summed E-state index contributed by atoms with van der Waals surface area (Å²) in [4.78, 5) is 25.7. The van der Waals surface area contributed by atoms with Crippen molar-refractivity contribution >= 4 is 29.6 Å². The molecule has 3 amide bonds. The van der Waals surface area contributed by atoms with E-state index in [1.807, 2.05) is 0 Å². The molecule has 8 heteroatoms. The van der Waals surface area contributed by atoms with Crippen LogP contribution in [0.15, 0.2) is 42.1 Å². The lowest BCUT2D eigenvalue weighted by atomic mass is 10.1. The summed E-state index contributed by atoms with van der Waals surface area (Å²) in [5, 5.41) is 2.80. The molecule has 1 heterocycles. The van der Waals surface area contributed by atoms with Crippen LogP contribution in [0.2, 0.25) is 5.02 Å². The number of hydrogen-bond donors (Lipinski definition) is 1. The van der Waals surface area contributed by atoms with Crippen LogP contribution in [-0.4, -0.2) is 31.1 Å². The summed E-state index contributed by atoms with van der Waals surface area (Å²) in [5.74, 6) is -0.200. The molecule has 0 radical (unpaired) electrons. The van der Waals surface area contributed by atoms with Crippen LogP contribution in [0.3, 0.4) is 0 Å². The standard InChI is InChI=1S/C19H16ClFN2O4/c1-26-16-8-12(13(20)9-17(16)27-2)7-15-18(24)23(19(25)22-15)10-11-5-3-4-6-14(11)21/h3-9H,10H2,1-2H3,(H,22,25). The first-order chi connectivity index (χ1) is 12.9. The molecule has 1 aliphatic rings. The molecule has 6 nitrogen and oxygen atoms in total. The first kappa shape index (κ1) is 18.7. The van der Waals surface area contributed by atoms with E-state index in [4.69, 9.17) is 21.1 Å². The molecule has 0 aromatic heterocycles. The van der Waals surface area contributed by atoms with Gasteiger partial charge in [0, 0.05) is 11.6 Å². The smallest absolute Gasteiger partial charge is 0.329 e. The highest BCUT2D eigenvalue weighted by atomic mass is 35.5. The predicted octanol–water partition coefficient (Wildman–Crippen LogP) is 3.59. The molecule has 0 saturated carbocycles. The molecule has 1 fully saturated rings. The molecule has 0 bridgehead atoms. The summed E-state index contributed by atoms with van der Waals surface area (Å²) in [6.07, 6.45) is 1.44. The zero-order chi connectivity index (χ0) is 19.6. The molecule has 2 aromatic rings. The van der Waals surface area contributed by atoms with Gasteiger partial charge >= 0.3 is 6.03 Å². The maximum atomic E-state index is 13.8. The molecule has 0 unspecified atom stereocenters. The van der Waals surface area contributed by atoms with Crippen LogP contribution in [0, 0.1) is 5.82 Å². The normalized spacial score (nSPS) is 15.3. The average Bonchev–Trinajstić information content (AvgIpc) is 2.92. The van der Waals surface area contributed by atoms with Gasteiger partial charge < -0.3 is 14.8 Å². The van der Waals surface area contributed by atoms with Crippen LogP contribution in [0.4, 0.5) is 9.18 Å². The number of halogens is 2. The van der Waals surface area contributed by atoms with E-state index in [1.165, 1.54) is 38.5 Å². The van der Waals surface area contributed by atoms with E-state index in [-0.39, 0.29) is 17.8 Å². The number of rotatable bonds is 5. The van der Waals surface area contributed by atoms with Crippen molar-refractivity contribution in [2.24, 2.45) is 0 Å². The second-order valence-corrected chi connectivity index (χ2v) is 6.11. The summed E-state index contributed by atoms with van der Waals surface area (Å²) in [6, 6.07) is 8.47. The van der Waals surface area contributed by atoms with Gasteiger partial charge in [0.15, 0.2) is 11.5 Å². The Bertz CT molecular complexity index is 945. The third-order valence-corrected chi connectivity index (χ3v) is 4.38. The van der Waals surface area contributed by atoms with Crippen molar-refractivity contribution in [1.29, 1.82) is 0 Å². The van der Waals surface area contributed by atoms with E-state index >= 15 is 0 Å². The average molecular weight is 391 g/mol. The van der Waals surface area contributed by atoms with Gasteiger partial charge in [-0.25, -0.2) is 9.18 Å². The van der Waals surface area contributed by atoms with Crippen LogP contribution in [0.5, 0.6) is 11.5 Å². The maximum absolute atomic E-state index is 13.8. The first-order valence-corrected chi connectivity index (χ1v) is 8.32. The quantitative estimate of drug-likeness (QED) is 0.625. The number of carbonyl (C=O) groups is 2. The molecule has 1 aliphatic heterocycles. The number of methoxy groups -OCH3 is 2. The second kappa shape index (κ2) is 7.67. The number of carbonyl (C=O) groups excluding carboxylic acids is 2. The van der Waals surface area contributed by atoms with Crippen molar-refractivity contribution in [3.8, 4) is 11.5 Å². The minimum Gasteiger partial charge on any atom is -0.493 e. The molecule has 1 N–H and O–H groups in total. The topological polar surface area (TPSA) is 67.9 Å². The van der Waals surface area contributed by atoms with Gasteiger partial charge in [0.1, 0.15) is 11.5 Å². The number of urea groups is 1. The van der Waals surface area contributed by atoms with E-state index in [2.05, 4.69) is 5.32 Å². The number of ether oxygens (including phenoxy) is 2. The van der Waals surface area contributed by atoms with Gasteiger partial charge in [0.25, 0.3) is 5.91 Å². The first-order valence-electron chi connectivity index (χ1n) is 7.94. The third-order valence-electron chi connectivity index (χ3n) is 4.05. The lowest BCUT2D eigenvalue weighted by Crippen LogP contribution is -2.30. The van der Waals surface area contributed by atoms with Gasteiger partial charge in [-0.2, -0.15) is 0 Å². The highest BCUT2D eigenvalue weighted by molar-refractivity contribution is 6.32. The van der Waals surface area contributed by atoms with Crippen LogP contribution < -0.4 is 14.8 Å². The van der Waals surface area contributed by atoms with Gasteiger partial charge in [0.05, 0.1) is 25.8 Å². The number of hydrogen-bond acceptors (Lipinski definition) is 4. The summed E-state index contributed by atoms with van der Waals surface area (Å²) in [5.41, 5.74) is 0.738. The SMILES string of the molecule is COc1cc(Cl)c(C=C2NC(=O)N(Cc3ccccc3F)C2=O)cc1OC. The van der Waals surface area contributed by atoms with Gasteiger partial charge in [-0.1, -0.05) is 29.8 Å². The van der Waals surface area contributed by atoms with Gasteiger partial charge in [-0.05, 0) is 23.8 Å². The Kier molecular flexibility index (Phi) is 5.32. The second-order valence-electron chi connectivity index (χ2n) is 5.70. The van der Waals surface area contributed by atoms with Crippen molar-refractivity contribution in [2.45, 2.75) is 6.54 Å². The van der Waals surface area contributed by atoms with Crippen molar-refractivity contribution in [2.75, 3.05) is 14.2 Å². The highest BCUT2D eigenvalue weighted by Crippen LogP contribution is 2.34. The predicted molar refractivity (Wildman–Crippen MR) is 98.0 cm³/mol. The van der Waals surface area contributed by atoms with Crippen molar-refractivity contribution < 1.29 is 23.5 Å². The molecule has 0 spiro atoms. The van der Waals surface area contributed by atoms with E-state index in [0.717, 1.165) is 4.90 Å². The fraction of sp³-hybridized carbons (Fsp3) is 0.158. The Morgan fingerprint density at radius 1 is 1.15 bits per heavy atom. The van der Waals surface area contributed by atoms with Gasteiger partial charge in [0.2, 0.25) is 0 Å². The van der Waals surface area contributed by atoms with Gasteiger partial charge in [-0.15, -0.1) is 0 Å². The lowest BCUT2D eigenvalue weighted by molar-refractivity contribution is -0.123. The van der Waals surface area contributed by atoms with Crippen LogP contribution in [-0.2, 0) is 11.3 Å². The zero-order valence-electron chi connectivity index (χ0n) is 14.6. The van der Waals surface area contributed by atoms with E-state index in [9.17, 15) is 14.0 Å². The Balaban J connectivity index is 1.90. The van der Waals surface area contributed by atoms with Crippen LogP contribution in [0.25, 0.3) is 6.08 Å². The van der Waals surface area contributed by atoms with E-state index in [1.54, 1.807) is 18.2 Å². The largest absolute Gasteiger partial charge is 0.493 e. The Morgan fingerprint density at radius 2 is 1.81 bits per heavy atom. The van der Waals surface area contributed by atoms with Crippen LogP contribution >= 0.6 is 11.6 Å². The fourth-order valence-electron chi connectivity index (χ4n) is 2.65. The minimum atomic E-state index is -0.633. The minimum absolute atomic E-state index is 0.0328. The highest BCUT2D eigenvalue weighted by Gasteiger charge is 2.34. The van der Waals surface area contributed by atoms with Crippen molar-refractivity contribution in [3.05, 3.63) is 64.1 Å². The summed E-state index contributed by atoms with van der Waals surface area (Å²) in [6.45, 7) is -0.172. The van der Waals surface area contributed by atoms with Gasteiger partial charge in [-0.3, -0.25) is 9.69 Å². The molecular formula is C19H16ClFN2O4. The Labute approximate surface area is 160 Å².